The molecule has 7 aliphatic rings. The van der Waals surface area contributed by atoms with Crippen molar-refractivity contribution < 1.29 is 200 Å². The van der Waals surface area contributed by atoms with Crippen molar-refractivity contribution in [2.24, 2.45) is 52.3 Å². The summed E-state index contributed by atoms with van der Waals surface area (Å²) in [5, 5.41) is 7.81. The van der Waals surface area contributed by atoms with Crippen molar-refractivity contribution in [2.75, 3.05) is 19.8 Å². The van der Waals surface area contributed by atoms with Crippen molar-refractivity contribution >= 4 is 104 Å². The molecule has 1 aromatic heterocycles. The van der Waals surface area contributed by atoms with E-state index in [1.807, 2.05) is 0 Å². The van der Waals surface area contributed by atoms with Crippen molar-refractivity contribution in [2.45, 2.75) is 216 Å². The Morgan fingerprint density at radius 1 is 0.458 bits per heavy atom. The van der Waals surface area contributed by atoms with Gasteiger partial charge in [0.05, 0.1) is 38.7 Å². The van der Waals surface area contributed by atoms with Crippen LogP contribution in [0.2, 0.25) is 0 Å². The van der Waals surface area contributed by atoms with E-state index in [-0.39, 0.29) is 22.4 Å². The molecule has 1 unspecified atom stereocenters. The van der Waals surface area contributed by atoms with E-state index >= 15 is 0 Å². The van der Waals surface area contributed by atoms with Gasteiger partial charge < -0.3 is 28.4 Å². The summed E-state index contributed by atoms with van der Waals surface area (Å²) in [5.74, 6) is 3.73. The molecule has 107 heavy (non-hydrogen) atoms. The summed E-state index contributed by atoms with van der Waals surface area (Å²) >= 11 is 0. The highest BCUT2D eigenvalue weighted by molar-refractivity contribution is 7.83. The molecule has 624 valence electrons. The van der Waals surface area contributed by atoms with E-state index in [1.54, 1.807) is 0 Å². The van der Waals surface area contributed by atoms with Crippen LogP contribution >= 0.6 is 0 Å². The molecule has 0 spiro atoms. The highest BCUT2D eigenvalue weighted by Gasteiger charge is 2.64. The minimum atomic E-state index is -6.57. The molecule has 24 atom stereocenters. The molecule has 8 rings (SSSR count). The molecule has 4 aliphatic carbocycles. The number of rotatable bonds is 36. The topological polar surface area (TPSA) is 722 Å². The quantitative estimate of drug-likeness (QED) is 0.0367. The summed E-state index contributed by atoms with van der Waals surface area (Å²) in [6, 6.07) is 0. The number of aromatic nitrogens is 3. The molecular formula is C48H81N3O46S10. The van der Waals surface area contributed by atoms with Gasteiger partial charge in [0, 0.05) is 0 Å². The summed E-state index contributed by atoms with van der Waals surface area (Å²) < 4.78 is 427. The van der Waals surface area contributed by atoms with Crippen molar-refractivity contribution in [3.8, 4) is 0 Å². The average Bonchev–Trinajstić information content (AvgIpc) is 1.69. The molecule has 4 saturated carbocycles. The van der Waals surface area contributed by atoms with Crippen LogP contribution in [0.1, 0.15) is 124 Å². The van der Waals surface area contributed by atoms with Crippen molar-refractivity contribution in [1.82, 2.24) is 15.0 Å². The number of nitrogens with zero attached hydrogens (tertiary/aromatic N) is 3. The third-order valence-electron chi connectivity index (χ3n) is 20.3. The normalized spacial score (nSPS) is 36.3. The van der Waals surface area contributed by atoms with E-state index in [0.29, 0.717) is 53.0 Å². The van der Waals surface area contributed by atoms with Gasteiger partial charge in [0.1, 0.15) is 60.6 Å². The van der Waals surface area contributed by atoms with E-state index in [4.69, 9.17) is 36.8 Å². The van der Waals surface area contributed by atoms with E-state index in [1.165, 1.54) is 32.1 Å². The zero-order valence-corrected chi connectivity index (χ0v) is 64.4. The first-order valence-electron chi connectivity index (χ1n) is 31.9. The summed E-state index contributed by atoms with van der Waals surface area (Å²) in [4.78, 5) is 0. The van der Waals surface area contributed by atoms with Crippen LogP contribution in [0.5, 0.6) is 0 Å². The van der Waals surface area contributed by atoms with E-state index in [9.17, 15) is 130 Å². The highest BCUT2D eigenvalue weighted by atomic mass is 32.3. The average molecular weight is 1760 g/mol. The maximum absolute atomic E-state index is 12.9. The minimum absolute atomic E-state index is 0.0230. The first kappa shape index (κ1) is 90.1. The van der Waals surface area contributed by atoms with Crippen LogP contribution < -0.4 is 0 Å². The lowest BCUT2D eigenvalue weighted by atomic mass is 9.44. The van der Waals surface area contributed by atoms with Gasteiger partial charge in [-0.15, -0.1) is 5.10 Å². The Bertz CT molecular complexity index is 4480. The SMILES string of the molecule is CC(C)CCC[C@@H](C)[C@H]1CC[C@H]2[C@@H]3CCC4C[C@@H](OCc5cn([C@@H]6O[C@H](COS(=O)(=O)O)[C@@H](O[C@H]7O[C@H](COS(=O)(=O)O)[C@@H](O[C@H]8O[C@H](COS(=O)(=O)O)[C@@H](OS(=O)(=O)O)[C@H](OS(=O)(=O)O)[C@H]8OS(=O)(=O)O)[C@H](OS(=O)(=O)O)[C@H]7OS(=O)(=O)O)[C@H](OS(=O)(=O)O)[C@H]6OS(=O)(=O)O)nn5)CC[C@]4(C)[C@H]3CC[C@]12C. The Kier molecular flexibility index (Phi) is 28.5. The second kappa shape index (κ2) is 33.8. The Morgan fingerprint density at radius 2 is 0.860 bits per heavy atom. The molecule has 0 aromatic carbocycles. The fourth-order valence-corrected chi connectivity index (χ4v) is 20.8. The molecule has 49 nitrogen and oxygen atoms in total. The van der Waals surface area contributed by atoms with Crippen LogP contribution in [0.15, 0.2) is 6.20 Å². The summed E-state index contributed by atoms with van der Waals surface area (Å²) in [6.45, 7) is 5.19. The van der Waals surface area contributed by atoms with Crippen LogP contribution in [0.4, 0.5) is 0 Å². The second-order valence-corrected chi connectivity index (χ2v) is 38.1. The van der Waals surface area contributed by atoms with Crippen molar-refractivity contribution in [3.05, 3.63) is 11.9 Å². The lowest BCUT2D eigenvalue weighted by Crippen LogP contribution is -2.68. The molecule has 3 saturated heterocycles. The molecule has 7 fully saturated rings. The van der Waals surface area contributed by atoms with Gasteiger partial charge in [0.15, 0.2) is 37.1 Å². The number of fused-ring (bicyclic) bond motifs is 5. The summed E-state index contributed by atoms with van der Waals surface area (Å²) in [6.07, 6.45) is -36.9. The molecule has 0 amide bonds. The predicted molar refractivity (Wildman–Crippen MR) is 340 cm³/mol. The smallest absolute Gasteiger partial charge is 0.372 e. The predicted octanol–water partition coefficient (Wildman–Crippen LogP) is -0.824. The number of ether oxygens (including phenoxy) is 6. The Morgan fingerprint density at radius 3 is 1.32 bits per heavy atom. The van der Waals surface area contributed by atoms with E-state index in [0.717, 1.165) is 38.3 Å². The van der Waals surface area contributed by atoms with E-state index < -0.39 is 229 Å². The van der Waals surface area contributed by atoms with Crippen LogP contribution in [0.3, 0.4) is 0 Å². The molecule has 3 aliphatic heterocycles. The largest absolute Gasteiger partial charge is 0.397 e. The fourth-order valence-electron chi connectivity index (χ4n) is 16.4. The summed E-state index contributed by atoms with van der Waals surface area (Å²) in [7, 11) is -62.4. The first-order chi connectivity index (χ1) is 48.7. The Labute approximate surface area is 615 Å². The fraction of sp³-hybridized carbons (Fsp3) is 0.958. The molecule has 4 heterocycles. The van der Waals surface area contributed by atoms with Gasteiger partial charge in [0.2, 0.25) is 0 Å². The van der Waals surface area contributed by atoms with E-state index in [2.05, 4.69) is 78.4 Å². The zero-order chi connectivity index (χ0) is 80.2. The van der Waals surface area contributed by atoms with Crippen molar-refractivity contribution in [3.63, 3.8) is 0 Å². The monoisotopic (exact) mass is 1760 g/mol. The van der Waals surface area contributed by atoms with Gasteiger partial charge in [-0.1, -0.05) is 59.1 Å². The molecule has 0 bridgehead atoms. The lowest BCUT2D eigenvalue weighted by molar-refractivity contribution is -0.364. The van der Waals surface area contributed by atoms with Gasteiger partial charge in [-0.2, -0.15) is 84.2 Å². The van der Waals surface area contributed by atoms with Gasteiger partial charge in [0.25, 0.3) is 0 Å². The third-order valence-corrected chi connectivity index (χ3v) is 24.8. The number of hydrogen-bond acceptors (Lipinski definition) is 38. The highest BCUT2D eigenvalue weighted by Crippen LogP contribution is 2.68. The second-order valence-electron chi connectivity index (χ2n) is 27.5. The molecule has 59 heteroatoms. The minimum Gasteiger partial charge on any atom is -0.372 e. The van der Waals surface area contributed by atoms with Crippen molar-refractivity contribution in [1.29, 1.82) is 0 Å². The van der Waals surface area contributed by atoms with Crippen LogP contribution in [-0.4, -0.2) is 256 Å². The standard InChI is InChI=1S/C48H81N3O46S10/c1-23(2)7-6-8-24(3)29-11-12-30-28-10-9-25-17-27(13-15-47(25,4)31(28)14-16-48(29,30)5)82-19-26-18-51(50-49-26)44-41(95-105(73,74)75)38(92-102(64,65)66)35(32(86-44)20-83-98(52,53)54)89-45-42(96-106(76,77)78)39(93-103(67,68)69)36(33(87-45)21-84-99(55,56)57)90-46-43(97-107(79,80)81)40(94-104(70,71)72)37(91-101(61,62)63)34(88-46)22-85-100(58,59)60/h18,23-25,27-46H,6-17,19-22H2,1-5H3,(H,52,53,54)(H,55,56,57)(H,58,59,60)(H,61,62,63)(H,64,65,66)(H,67,68,69)(H,70,71,72)(H,73,74,75)(H,76,77,78)(H,79,80,81)/t24-,25?,27+,28+,29-,30+,31+,32-,33-,34-,35-,36-,37-,38+,39+,40+,41-,42-,43-,44-,45-,46-,47+,48-/m1/s1. The molecule has 0 radical (unpaired) electrons. The van der Waals surface area contributed by atoms with Gasteiger partial charge >= 0.3 is 104 Å². The Hall–Kier alpha value is -2.40. The molecular weight excluding hydrogens is 1680 g/mol. The number of hydrogen-bond donors (Lipinski definition) is 10. The van der Waals surface area contributed by atoms with Gasteiger partial charge in [-0.3, -0.25) is 45.5 Å². The maximum Gasteiger partial charge on any atom is 0.397 e. The molecule has 1 aromatic rings. The Balaban J connectivity index is 1.14. The van der Waals surface area contributed by atoms with Gasteiger partial charge in [-0.25, -0.2) is 46.5 Å². The third kappa shape index (κ3) is 25.5. The van der Waals surface area contributed by atoms with Crippen LogP contribution in [-0.2, 0) is 181 Å². The summed E-state index contributed by atoms with van der Waals surface area (Å²) in [5.41, 5.74) is 0.0608. The van der Waals surface area contributed by atoms with Gasteiger partial charge in [-0.05, 0) is 110 Å². The zero-order valence-electron chi connectivity index (χ0n) is 56.3. The maximum atomic E-state index is 12.9. The first-order valence-corrected chi connectivity index (χ1v) is 45.6. The van der Waals surface area contributed by atoms with Crippen LogP contribution in [0, 0.1) is 52.3 Å². The van der Waals surface area contributed by atoms with Crippen LogP contribution in [0.25, 0.3) is 0 Å². The molecule has 10 N–H and O–H groups in total. The lowest BCUT2D eigenvalue weighted by Gasteiger charge is -2.61.